The summed E-state index contributed by atoms with van der Waals surface area (Å²) in [6, 6.07) is 5.19. The molecule has 2 N–H and O–H groups in total. The van der Waals surface area contributed by atoms with Crippen molar-refractivity contribution >= 4 is 11.8 Å². The maximum atomic E-state index is 11.5. The van der Waals surface area contributed by atoms with Crippen molar-refractivity contribution in [3.8, 4) is 0 Å². The van der Waals surface area contributed by atoms with E-state index in [-0.39, 0.29) is 6.03 Å². The Hall–Kier alpha value is -2.37. The second-order valence-corrected chi connectivity index (χ2v) is 3.81. The van der Waals surface area contributed by atoms with Gasteiger partial charge in [-0.15, -0.1) is 0 Å². The van der Waals surface area contributed by atoms with Crippen molar-refractivity contribution in [1.82, 2.24) is 15.5 Å². The molecule has 18 heavy (non-hydrogen) atoms. The number of nitrogens with one attached hydrogen (secondary N) is 2. The van der Waals surface area contributed by atoms with Crippen LogP contribution < -0.4 is 10.6 Å². The highest BCUT2D eigenvalue weighted by Gasteiger charge is 2.04. The van der Waals surface area contributed by atoms with Gasteiger partial charge in [-0.25, -0.2) is 4.79 Å². The normalized spacial score (nSPS) is 10.1. The summed E-state index contributed by atoms with van der Waals surface area (Å²) >= 11 is 0. The van der Waals surface area contributed by atoms with Crippen LogP contribution in [0, 0.1) is 6.92 Å². The minimum absolute atomic E-state index is 0.299. The van der Waals surface area contributed by atoms with Crippen LogP contribution in [0.1, 0.15) is 11.3 Å². The molecule has 6 heteroatoms. The molecule has 6 nitrogen and oxygen atoms in total. The summed E-state index contributed by atoms with van der Waals surface area (Å²) in [5.74, 6) is 1.06. The number of nitrogens with zero attached hydrogens (tertiary/aromatic N) is 2. The quantitative estimate of drug-likeness (QED) is 0.861. The van der Waals surface area contributed by atoms with E-state index >= 15 is 0 Å². The molecule has 0 aliphatic heterocycles. The van der Waals surface area contributed by atoms with Crippen LogP contribution in [0.15, 0.2) is 35.1 Å². The summed E-state index contributed by atoms with van der Waals surface area (Å²) < 4.78 is 4.84. The lowest BCUT2D eigenvalue weighted by Gasteiger charge is -2.04. The Kier molecular flexibility index (Phi) is 3.90. The van der Waals surface area contributed by atoms with Gasteiger partial charge in [-0.1, -0.05) is 11.2 Å². The molecule has 0 fully saturated rings. The standard InChI is InChI=1S/C12H14N4O2/c1-9-7-11(16-18-9)15-12(17)14-6-4-10-3-2-5-13-8-10/h2-3,5,7-8H,4,6H2,1H3,(H2,14,15,16,17). The van der Waals surface area contributed by atoms with Crippen LogP contribution in [0.3, 0.4) is 0 Å². The summed E-state index contributed by atoms with van der Waals surface area (Å²) in [7, 11) is 0. The van der Waals surface area contributed by atoms with E-state index in [0.29, 0.717) is 18.1 Å². The fraction of sp³-hybridized carbons (Fsp3) is 0.250. The number of aryl methyl sites for hydroxylation is 1. The van der Waals surface area contributed by atoms with Crippen LogP contribution in [-0.4, -0.2) is 22.7 Å². The summed E-state index contributed by atoms with van der Waals surface area (Å²) in [6.45, 7) is 2.30. The Morgan fingerprint density at radius 2 is 2.39 bits per heavy atom. The highest BCUT2D eigenvalue weighted by Crippen LogP contribution is 2.06. The van der Waals surface area contributed by atoms with Gasteiger partial charge in [0.05, 0.1) is 0 Å². The van der Waals surface area contributed by atoms with Crippen molar-refractivity contribution in [2.45, 2.75) is 13.3 Å². The largest absolute Gasteiger partial charge is 0.360 e. The van der Waals surface area contributed by atoms with Crippen molar-refractivity contribution in [2.24, 2.45) is 0 Å². The molecular formula is C12H14N4O2. The van der Waals surface area contributed by atoms with E-state index in [2.05, 4.69) is 20.8 Å². The van der Waals surface area contributed by atoms with Crippen molar-refractivity contribution in [3.63, 3.8) is 0 Å². The highest BCUT2D eigenvalue weighted by molar-refractivity contribution is 5.88. The average molecular weight is 246 g/mol. The molecule has 2 amide bonds. The van der Waals surface area contributed by atoms with Gasteiger partial charge in [0.15, 0.2) is 5.82 Å². The zero-order valence-corrected chi connectivity index (χ0v) is 10.0. The van der Waals surface area contributed by atoms with Gasteiger partial charge in [-0.05, 0) is 25.0 Å². The SMILES string of the molecule is Cc1cc(NC(=O)NCCc2cccnc2)no1. The lowest BCUT2D eigenvalue weighted by Crippen LogP contribution is -2.30. The number of carbonyl (C=O) groups is 1. The van der Waals surface area contributed by atoms with E-state index in [9.17, 15) is 4.79 Å². The van der Waals surface area contributed by atoms with Crippen molar-refractivity contribution in [1.29, 1.82) is 0 Å². The predicted octanol–water partition coefficient (Wildman–Crippen LogP) is 1.74. The first-order valence-electron chi connectivity index (χ1n) is 5.61. The number of hydrogen-bond acceptors (Lipinski definition) is 4. The molecule has 0 atom stereocenters. The Balaban J connectivity index is 1.72. The predicted molar refractivity (Wildman–Crippen MR) is 66.2 cm³/mol. The number of pyridine rings is 1. The van der Waals surface area contributed by atoms with Crippen LogP contribution in [0.25, 0.3) is 0 Å². The number of amides is 2. The van der Waals surface area contributed by atoms with Gasteiger partial charge in [0, 0.05) is 25.0 Å². The fourth-order valence-corrected chi connectivity index (χ4v) is 1.45. The van der Waals surface area contributed by atoms with Gasteiger partial charge in [-0.3, -0.25) is 10.3 Å². The molecule has 0 saturated carbocycles. The van der Waals surface area contributed by atoms with E-state index < -0.39 is 0 Å². The first kappa shape index (κ1) is 12.1. The first-order chi connectivity index (χ1) is 8.74. The van der Waals surface area contributed by atoms with Crippen LogP contribution in [0.4, 0.5) is 10.6 Å². The third kappa shape index (κ3) is 3.58. The maximum absolute atomic E-state index is 11.5. The molecule has 0 spiro atoms. The number of rotatable bonds is 4. The van der Waals surface area contributed by atoms with Crippen LogP contribution in [0.5, 0.6) is 0 Å². The summed E-state index contributed by atoms with van der Waals surface area (Å²) in [4.78, 5) is 15.5. The second kappa shape index (κ2) is 5.81. The molecule has 2 aromatic rings. The fourth-order valence-electron chi connectivity index (χ4n) is 1.45. The topological polar surface area (TPSA) is 80.0 Å². The van der Waals surface area contributed by atoms with Gasteiger partial charge in [0.2, 0.25) is 0 Å². The maximum Gasteiger partial charge on any atom is 0.320 e. The molecule has 0 aliphatic carbocycles. The zero-order valence-electron chi connectivity index (χ0n) is 10.0. The Morgan fingerprint density at radius 1 is 1.50 bits per heavy atom. The summed E-state index contributed by atoms with van der Waals surface area (Å²) in [6.07, 6.45) is 4.23. The number of aromatic nitrogens is 2. The zero-order chi connectivity index (χ0) is 12.8. The third-order valence-corrected chi connectivity index (χ3v) is 2.29. The van der Waals surface area contributed by atoms with Gasteiger partial charge in [0.1, 0.15) is 5.76 Å². The summed E-state index contributed by atoms with van der Waals surface area (Å²) in [5, 5.41) is 8.97. The van der Waals surface area contributed by atoms with Crippen molar-refractivity contribution in [2.75, 3.05) is 11.9 Å². The molecule has 0 radical (unpaired) electrons. The lowest BCUT2D eigenvalue weighted by atomic mass is 10.2. The van der Waals surface area contributed by atoms with Gasteiger partial charge >= 0.3 is 6.03 Å². The smallest absolute Gasteiger partial charge is 0.320 e. The van der Waals surface area contributed by atoms with Crippen molar-refractivity contribution in [3.05, 3.63) is 41.9 Å². The second-order valence-electron chi connectivity index (χ2n) is 3.81. The molecule has 0 aromatic carbocycles. The van der Waals surface area contributed by atoms with Gasteiger partial charge in [-0.2, -0.15) is 0 Å². The van der Waals surface area contributed by atoms with E-state index in [0.717, 1.165) is 12.0 Å². The van der Waals surface area contributed by atoms with Crippen LogP contribution >= 0.6 is 0 Å². The Bertz CT molecular complexity index is 510. The Morgan fingerprint density at radius 3 is 3.06 bits per heavy atom. The van der Waals surface area contributed by atoms with Crippen LogP contribution in [0.2, 0.25) is 0 Å². The van der Waals surface area contributed by atoms with E-state index in [4.69, 9.17) is 4.52 Å². The number of urea groups is 1. The lowest BCUT2D eigenvalue weighted by molar-refractivity contribution is 0.252. The third-order valence-electron chi connectivity index (χ3n) is 2.29. The Labute approximate surface area is 104 Å². The van der Waals surface area contributed by atoms with Crippen molar-refractivity contribution < 1.29 is 9.32 Å². The average Bonchev–Trinajstić information content (AvgIpc) is 2.76. The minimum atomic E-state index is -0.299. The molecule has 2 rings (SSSR count). The minimum Gasteiger partial charge on any atom is -0.360 e. The molecule has 2 heterocycles. The molecule has 0 unspecified atom stereocenters. The van der Waals surface area contributed by atoms with Gasteiger partial charge in [0.25, 0.3) is 0 Å². The monoisotopic (exact) mass is 246 g/mol. The number of anilines is 1. The molecular weight excluding hydrogens is 232 g/mol. The van der Waals surface area contributed by atoms with E-state index in [1.54, 1.807) is 25.4 Å². The number of hydrogen-bond donors (Lipinski definition) is 2. The number of carbonyl (C=O) groups excluding carboxylic acids is 1. The molecule has 2 aromatic heterocycles. The van der Waals surface area contributed by atoms with Gasteiger partial charge < -0.3 is 9.84 Å². The van der Waals surface area contributed by atoms with E-state index in [1.807, 2.05) is 12.1 Å². The molecule has 0 saturated heterocycles. The molecule has 94 valence electrons. The van der Waals surface area contributed by atoms with E-state index in [1.165, 1.54) is 0 Å². The molecule has 0 aliphatic rings. The molecule has 0 bridgehead atoms. The van der Waals surface area contributed by atoms with Crippen LogP contribution in [-0.2, 0) is 6.42 Å². The summed E-state index contributed by atoms with van der Waals surface area (Å²) in [5.41, 5.74) is 1.08. The first-order valence-corrected chi connectivity index (χ1v) is 5.61. The highest BCUT2D eigenvalue weighted by atomic mass is 16.5.